The minimum absolute atomic E-state index is 0.546. The van der Waals surface area contributed by atoms with Gasteiger partial charge in [0.25, 0.3) is 0 Å². The smallest absolute Gasteiger partial charge is 0.371 e. The van der Waals surface area contributed by atoms with Gasteiger partial charge in [0.15, 0.2) is 0 Å². The van der Waals surface area contributed by atoms with Gasteiger partial charge in [0, 0.05) is 25.3 Å². The predicted octanol–water partition coefficient (Wildman–Crippen LogP) is 3.81. The first-order valence-corrected chi connectivity index (χ1v) is 7.70. The lowest BCUT2D eigenvalue weighted by atomic mass is 10.1. The molecule has 116 valence electrons. The lowest BCUT2D eigenvalue weighted by Crippen LogP contribution is -2.23. The maximum Gasteiger partial charge on any atom is 0.416 e. The molecule has 2 aliphatic rings. The second kappa shape index (κ2) is 5.87. The van der Waals surface area contributed by atoms with Crippen molar-refractivity contribution in [2.75, 3.05) is 24.5 Å². The highest BCUT2D eigenvalue weighted by Gasteiger charge is 2.32. The number of anilines is 1. The first-order chi connectivity index (χ1) is 10.0. The molecule has 1 saturated heterocycles. The molecule has 5 heteroatoms. The Morgan fingerprint density at radius 1 is 1.14 bits per heavy atom. The summed E-state index contributed by atoms with van der Waals surface area (Å²) >= 11 is 0. The molecule has 2 nitrogen and oxygen atoms in total. The van der Waals surface area contributed by atoms with E-state index >= 15 is 0 Å². The second-order valence-corrected chi connectivity index (χ2v) is 6.11. The molecule has 1 N–H and O–H groups in total. The molecular weight excluding hydrogens is 277 g/mol. The molecule has 1 heterocycles. The second-order valence-electron chi connectivity index (χ2n) is 6.11. The minimum atomic E-state index is -4.27. The van der Waals surface area contributed by atoms with Crippen LogP contribution in [0.4, 0.5) is 18.9 Å². The van der Waals surface area contributed by atoms with Crippen LogP contribution in [0.15, 0.2) is 18.2 Å². The van der Waals surface area contributed by atoms with Gasteiger partial charge in [-0.15, -0.1) is 0 Å². The Morgan fingerprint density at radius 2 is 1.86 bits per heavy atom. The molecular formula is C16H21F3N2. The molecule has 1 aromatic rings. The highest BCUT2D eigenvalue weighted by Crippen LogP contribution is 2.35. The first kappa shape index (κ1) is 14.7. The lowest BCUT2D eigenvalue weighted by molar-refractivity contribution is -0.137. The number of benzene rings is 1. The van der Waals surface area contributed by atoms with E-state index in [9.17, 15) is 13.2 Å². The SMILES string of the molecule is FC(F)(F)c1ccc(CNCC2CC2)c(N2CCCC2)c1. The summed E-state index contributed by atoms with van der Waals surface area (Å²) < 4.78 is 38.8. The number of hydrogen-bond donors (Lipinski definition) is 1. The Kier molecular flexibility index (Phi) is 4.11. The standard InChI is InChI=1S/C16H21F3N2/c17-16(18,19)14-6-5-13(11-20-10-12-3-4-12)15(9-14)21-7-1-2-8-21/h5-6,9,12,20H,1-4,7-8,10-11H2. The molecule has 0 amide bonds. The van der Waals surface area contributed by atoms with Crippen molar-refractivity contribution in [2.45, 2.75) is 38.4 Å². The van der Waals surface area contributed by atoms with Gasteiger partial charge < -0.3 is 10.2 Å². The van der Waals surface area contributed by atoms with E-state index in [4.69, 9.17) is 0 Å². The summed E-state index contributed by atoms with van der Waals surface area (Å²) in [6, 6.07) is 4.16. The van der Waals surface area contributed by atoms with Crippen LogP contribution in [0.3, 0.4) is 0 Å². The Hall–Kier alpha value is -1.23. The summed E-state index contributed by atoms with van der Waals surface area (Å²) in [5.41, 5.74) is 1.19. The van der Waals surface area contributed by atoms with Gasteiger partial charge in [-0.1, -0.05) is 6.07 Å². The van der Waals surface area contributed by atoms with Gasteiger partial charge in [0.1, 0.15) is 0 Å². The van der Waals surface area contributed by atoms with E-state index in [0.29, 0.717) is 6.54 Å². The highest BCUT2D eigenvalue weighted by atomic mass is 19.4. The monoisotopic (exact) mass is 298 g/mol. The van der Waals surface area contributed by atoms with Crippen LogP contribution in [-0.2, 0) is 12.7 Å². The summed E-state index contributed by atoms with van der Waals surface area (Å²) in [6.45, 7) is 3.34. The third kappa shape index (κ3) is 3.70. The Labute approximate surface area is 123 Å². The average Bonchev–Trinajstić information content (AvgIpc) is 3.10. The van der Waals surface area contributed by atoms with Crippen molar-refractivity contribution in [3.8, 4) is 0 Å². The molecule has 1 aliphatic heterocycles. The molecule has 3 rings (SSSR count). The van der Waals surface area contributed by atoms with Crippen LogP contribution in [0.1, 0.15) is 36.8 Å². The fourth-order valence-electron chi connectivity index (χ4n) is 2.88. The van der Waals surface area contributed by atoms with Gasteiger partial charge >= 0.3 is 6.18 Å². The molecule has 21 heavy (non-hydrogen) atoms. The lowest BCUT2D eigenvalue weighted by Gasteiger charge is -2.23. The highest BCUT2D eigenvalue weighted by molar-refractivity contribution is 5.56. The predicted molar refractivity (Wildman–Crippen MR) is 77.3 cm³/mol. The van der Waals surface area contributed by atoms with E-state index in [1.54, 1.807) is 6.07 Å². The first-order valence-electron chi connectivity index (χ1n) is 7.70. The topological polar surface area (TPSA) is 15.3 Å². The van der Waals surface area contributed by atoms with Crippen LogP contribution < -0.4 is 10.2 Å². The van der Waals surface area contributed by atoms with E-state index in [2.05, 4.69) is 10.2 Å². The van der Waals surface area contributed by atoms with Crippen molar-refractivity contribution < 1.29 is 13.2 Å². The van der Waals surface area contributed by atoms with Crippen molar-refractivity contribution in [1.82, 2.24) is 5.32 Å². The number of nitrogens with zero attached hydrogens (tertiary/aromatic N) is 1. The van der Waals surface area contributed by atoms with Crippen LogP contribution in [0.25, 0.3) is 0 Å². The van der Waals surface area contributed by atoms with Gasteiger partial charge in [0.05, 0.1) is 5.56 Å². The van der Waals surface area contributed by atoms with Gasteiger partial charge in [-0.2, -0.15) is 13.2 Å². The van der Waals surface area contributed by atoms with Crippen molar-refractivity contribution in [3.05, 3.63) is 29.3 Å². The van der Waals surface area contributed by atoms with Crippen molar-refractivity contribution in [2.24, 2.45) is 5.92 Å². The zero-order valence-electron chi connectivity index (χ0n) is 12.0. The summed E-state index contributed by atoms with van der Waals surface area (Å²) in [6.07, 6.45) is 0.406. The molecule has 0 spiro atoms. The largest absolute Gasteiger partial charge is 0.416 e. The summed E-state index contributed by atoms with van der Waals surface area (Å²) in [7, 11) is 0. The summed E-state index contributed by atoms with van der Waals surface area (Å²) in [5.74, 6) is 0.773. The average molecular weight is 298 g/mol. The molecule has 0 aromatic heterocycles. The van der Waals surface area contributed by atoms with Gasteiger partial charge in [-0.25, -0.2) is 0 Å². The van der Waals surface area contributed by atoms with Crippen LogP contribution in [0.5, 0.6) is 0 Å². The number of alkyl halides is 3. The quantitative estimate of drug-likeness (QED) is 0.889. The number of hydrogen-bond acceptors (Lipinski definition) is 2. The third-order valence-electron chi connectivity index (χ3n) is 4.30. The maximum absolute atomic E-state index is 12.9. The fourth-order valence-corrected chi connectivity index (χ4v) is 2.88. The van der Waals surface area contributed by atoms with Gasteiger partial charge in [-0.05, 0) is 55.8 Å². The zero-order valence-corrected chi connectivity index (χ0v) is 12.0. The molecule has 0 radical (unpaired) electrons. The van der Waals surface area contributed by atoms with E-state index in [-0.39, 0.29) is 0 Å². The van der Waals surface area contributed by atoms with Crippen LogP contribution in [0.2, 0.25) is 0 Å². The van der Waals surface area contributed by atoms with E-state index in [1.807, 2.05) is 0 Å². The Bertz CT molecular complexity index is 489. The van der Waals surface area contributed by atoms with Crippen LogP contribution in [0, 0.1) is 5.92 Å². The van der Waals surface area contributed by atoms with Crippen molar-refractivity contribution >= 4 is 5.69 Å². The Balaban J connectivity index is 1.78. The summed E-state index contributed by atoms with van der Waals surface area (Å²) in [5, 5.41) is 3.38. The van der Waals surface area contributed by atoms with Crippen LogP contribution in [-0.4, -0.2) is 19.6 Å². The van der Waals surface area contributed by atoms with E-state index in [0.717, 1.165) is 49.6 Å². The Morgan fingerprint density at radius 3 is 2.48 bits per heavy atom. The van der Waals surface area contributed by atoms with E-state index < -0.39 is 11.7 Å². The maximum atomic E-state index is 12.9. The molecule has 2 fully saturated rings. The summed E-state index contributed by atoms with van der Waals surface area (Å²) in [4.78, 5) is 2.09. The van der Waals surface area contributed by atoms with Gasteiger partial charge in [0.2, 0.25) is 0 Å². The number of halogens is 3. The van der Waals surface area contributed by atoms with Gasteiger partial charge in [-0.3, -0.25) is 0 Å². The molecule has 0 atom stereocenters. The minimum Gasteiger partial charge on any atom is -0.371 e. The molecule has 0 bridgehead atoms. The molecule has 0 unspecified atom stereocenters. The molecule has 1 saturated carbocycles. The third-order valence-corrected chi connectivity index (χ3v) is 4.30. The zero-order chi connectivity index (χ0) is 14.9. The van der Waals surface area contributed by atoms with Crippen molar-refractivity contribution in [3.63, 3.8) is 0 Å². The molecule has 1 aromatic carbocycles. The number of rotatable bonds is 5. The molecule has 1 aliphatic carbocycles. The van der Waals surface area contributed by atoms with Crippen molar-refractivity contribution in [1.29, 1.82) is 0 Å². The fraction of sp³-hybridized carbons (Fsp3) is 0.625. The van der Waals surface area contributed by atoms with Crippen LogP contribution >= 0.6 is 0 Å². The van der Waals surface area contributed by atoms with E-state index in [1.165, 1.54) is 25.0 Å². The number of nitrogens with one attached hydrogen (secondary N) is 1. The normalized spacial score (nSPS) is 19.3.